The molecule has 0 radical (unpaired) electrons. The van der Waals surface area contributed by atoms with Gasteiger partial charge in [-0.2, -0.15) is 5.26 Å². The highest BCUT2D eigenvalue weighted by Crippen LogP contribution is 2.32. The first-order valence-electron chi connectivity index (χ1n) is 8.41. The third-order valence-electron chi connectivity index (χ3n) is 3.56. The second-order valence-corrected chi connectivity index (χ2v) is 8.21. The number of amides is 1. The van der Waals surface area contributed by atoms with Crippen LogP contribution in [-0.2, 0) is 4.79 Å². The first-order chi connectivity index (χ1) is 12.8. The molecule has 0 atom stereocenters. The Morgan fingerprint density at radius 3 is 2.33 bits per heavy atom. The van der Waals surface area contributed by atoms with Gasteiger partial charge in [-0.05, 0) is 86.2 Å². The molecule has 0 bridgehead atoms. The monoisotopic (exact) mass is 490 g/mol. The summed E-state index contributed by atoms with van der Waals surface area (Å²) < 4.78 is 7.13. The van der Waals surface area contributed by atoms with Crippen molar-refractivity contribution in [1.29, 1.82) is 5.26 Å². The zero-order valence-corrected chi connectivity index (χ0v) is 18.5. The Balaban J connectivity index is 2.16. The Morgan fingerprint density at radius 2 is 1.81 bits per heavy atom. The van der Waals surface area contributed by atoms with Crippen LogP contribution in [0.4, 0.5) is 5.69 Å². The summed E-state index contributed by atoms with van der Waals surface area (Å²) >= 11 is 6.87. The largest absolute Gasteiger partial charge is 0.493 e. The predicted molar refractivity (Wildman–Crippen MR) is 116 cm³/mol. The summed E-state index contributed by atoms with van der Waals surface area (Å²) in [4.78, 5) is 12.5. The summed E-state index contributed by atoms with van der Waals surface area (Å²) in [5.74, 6) is 0.734. The van der Waals surface area contributed by atoms with Gasteiger partial charge in [-0.1, -0.05) is 26.0 Å². The lowest BCUT2D eigenvalue weighted by Crippen LogP contribution is -2.14. The molecule has 0 unspecified atom stereocenters. The SMILES string of the molecule is Cc1cc(Br)c(NC(=O)/C(C#N)=C/c2ccc(OCC(C)C)cc2)c(Br)c1. The standard InChI is InChI=1S/C21H20Br2N2O2/c1-13(2)12-27-17-6-4-15(5-7-17)10-16(11-24)21(26)25-20-18(22)8-14(3)9-19(20)23/h4-10,13H,12H2,1-3H3,(H,25,26)/b16-10+. The molecule has 27 heavy (non-hydrogen) atoms. The Kier molecular flexibility index (Phi) is 7.64. The van der Waals surface area contributed by atoms with Crippen molar-refractivity contribution < 1.29 is 9.53 Å². The van der Waals surface area contributed by atoms with Gasteiger partial charge in [0, 0.05) is 8.95 Å². The number of nitrogens with zero attached hydrogens (tertiary/aromatic N) is 1. The van der Waals surface area contributed by atoms with E-state index in [1.807, 2.05) is 49.4 Å². The maximum absolute atomic E-state index is 12.5. The zero-order valence-electron chi connectivity index (χ0n) is 15.3. The van der Waals surface area contributed by atoms with Crippen molar-refractivity contribution in [2.24, 2.45) is 5.92 Å². The molecule has 2 aromatic rings. The molecule has 4 nitrogen and oxygen atoms in total. The highest BCUT2D eigenvalue weighted by atomic mass is 79.9. The van der Waals surface area contributed by atoms with Crippen LogP contribution in [-0.4, -0.2) is 12.5 Å². The fourth-order valence-electron chi connectivity index (χ4n) is 2.24. The summed E-state index contributed by atoms with van der Waals surface area (Å²) in [5, 5.41) is 12.2. The Hall–Kier alpha value is -2.10. The Labute approximate surface area is 176 Å². The minimum Gasteiger partial charge on any atom is -0.493 e. The number of ether oxygens (including phenoxy) is 1. The first-order valence-corrected chi connectivity index (χ1v) is 10.0. The lowest BCUT2D eigenvalue weighted by Gasteiger charge is -2.10. The van der Waals surface area contributed by atoms with Gasteiger partial charge in [-0.25, -0.2) is 0 Å². The summed E-state index contributed by atoms with van der Waals surface area (Å²) in [6, 6.07) is 13.0. The molecule has 0 aromatic heterocycles. The number of nitrogens with one attached hydrogen (secondary N) is 1. The molecule has 0 heterocycles. The average molecular weight is 492 g/mol. The average Bonchev–Trinajstić information content (AvgIpc) is 2.61. The van der Waals surface area contributed by atoms with Gasteiger partial charge >= 0.3 is 0 Å². The summed E-state index contributed by atoms with van der Waals surface area (Å²) in [5.41, 5.74) is 2.40. The number of aryl methyl sites for hydroxylation is 1. The highest BCUT2D eigenvalue weighted by Gasteiger charge is 2.14. The van der Waals surface area contributed by atoms with Crippen molar-refractivity contribution in [2.75, 3.05) is 11.9 Å². The van der Waals surface area contributed by atoms with Crippen LogP contribution in [0.5, 0.6) is 5.75 Å². The number of halogens is 2. The molecule has 1 N–H and O–H groups in total. The van der Waals surface area contributed by atoms with Gasteiger partial charge in [0.1, 0.15) is 17.4 Å². The predicted octanol–water partition coefficient (Wildman–Crippen LogP) is 6.10. The van der Waals surface area contributed by atoms with Crippen molar-refractivity contribution >= 4 is 49.5 Å². The molecule has 2 rings (SSSR count). The molecule has 0 saturated heterocycles. The molecule has 0 spiro atoms. The van der Waals surface area contributed by atoms with Gasteiger partial charge in [0.2, 0.25) is 0 Å². The number of anilines is 1. The fourth-order valence-corrected chi connectivity index (χ4v) is 3.85. The van der Waals surface area contributed by atoms with Gasteiger partial charge in [0.05, 0.1) is 12.3 Å². The van der Waals surface area contributed by atoms with E-state index in [2.05, 4.69) is 51.0 Å². The normalized spacial score (nSPS) is 11.2. The van der Waals surface area contributed by atoms with Gasteiger partial charge in [-0.15, -0.1) is 0 Å². The molecule has 0 fully saturated rings. The van der Waals surface area contributed by atoms with Crippen LogP contribution in [0.15, 0.2) is 50.9 Å². The second-order valence-electron chi connectivity index (χ2n) is 6.50. The zero-order chi connectivity index (χ0) is 20.0. The smallest absolute Gasteiger partial charge is 0.266 e. The highest BCUT2D eigenvalue weighted by molar-refractivity contribution is 9.11. The second kappa shape index (κ2) is 9.72. The van der Waals surface area contributed by atoms with E-state index >= 15 is 0 Å². The van der Waals surface area contributed by atoms with E-state index in [0.29, 0.717) is 18.2 Å². The van der Waals surface area contributed by atoms with E-state index in [1.165, 1.54) is 0 Å². The van der Waals surface area contributed by atoms with Gasteiger partial charge < -0.3 is 10.1 Å². The van der Waals surface area contributed by atoms with Gasteiger partial charge in [0.15, 0.2) is 0 Å². The minimum absolute atomic E-state index is 0.0187. The van der Waals surface area contributed by atoms with Crippen molar-refractivity contribution in [1.82, 2.24) is 0 Å². The van der Waals surface area contributed by atoms with E-state index in [0.717, 1.165) is 25.8 Å². The first kappa shape index (κ1) is 21.2. The molecule has 1 amide bonds. The minimum atomic E-state index is -0.470. The molecule has 0 aliphatic heterocycles. The molecular weight excluding hydrogens is 472 g/mol. The Morgan fingerprint density at radius 1 is 1.22 bits per heavy atom. The maximum atomic E-state index is 12.5. The summed E-state index contributed by atoms with van der Waals surface area (Å²) in [7, 11) is 0. The van der Waals surface area contributed by atoms with E-state index < -0.39 is 5.91 Å². The number of hydrogen-bond acceptors (Lipinski definition) is 3. The van der Waals surface area contributed by atoms with E-state index in [9.17, 15) is 10.1 Å². The van der Waals surface area contributed by atoms with Crippen LogP contribution in [0.2, 0.25) is 0 Å². The van der Waals surface area contributed by atoms with E-state index in [4.69, 9.17) is 4.74 Å². The summed E-state index contributed by atoms with van der Waals surface area (Å²) in [6.45, 7) is 6.76. The number of nitriles is 1. The van der Waals surface area contributed by atoms with Crippen molar-refractivity contribution in [2.45, 2.75) is 20.8 Å². The number of carbonyl (C=O) groups is 1. The van der Waals surface area contributed by atoms with Crippen LogP contribution < -0.4 is 10.1 Å². The molecule has 0 saturated carbocycles. The molecule has 0 aliphatic carbocycles. The lowest BCUT2D eigenvalue weighted by molar-refractivity contribution is -0.112. The number of carbonyl (C=O) groups excluding carboxylic acids is 1. The lowest BCUT2D eigenvalue weighted by atomic mass is 10.1. The van der Waals surface area contributed by atoms with Crippen molar-refractivity contribution in [3.05, 3.63) is 62.0 Å². The van der Waals surface area contributed by atoms with E-state index in [-0.39, 0.29) is 5.57 Å². The van der Waals surface area contributed by atoms with Crippen LogP contribution in [0.3, 0.4) is 0 Å². The number of hydrogen-bond donors (Lipinski definition) is 1. The molecule has 2 aromatic carbocycles. The third kappa shape index (κ3) is 6.23. The number of benzene rings is 2. The van der Waals surface area contributed by atoms with Gasteiger partial charge in [0.25, 0.3) is 5.91 Å². The Bertz CT molecular complexity index is 874. The fraction of sp³-hybridized carbons (Fsp3) is 0.238. The molecular formula is C21H20Br2N2O2. The van der Waals surface area contributed by atoms with Crippen LogP contribution in [0, 0.1) is 24.2 Å². The molecule has 0 aliphatic rings. The van der Waals surface area contributed by atoms with Crippen LogP contribution >= 0.6 is 31.9 Å². The van der Waals surface area contributed by atoms with Crippen LogP contribution in [0.25, 0.3) is 6.08 Å². The number of rotatable bonds is 6. The van der Waals surface area contributed by atoms with Crippen LogP contribution in [0.1, 0.15) is 25.0 Å². The quantitative estimate of drug-likeness (QED) is 0.392. The van der Waals surface area contributed by atoms with E-state index in [1.54, 1.807) is 6.08 Å². The molecule has 140 valence electrons. The van der Waals surface area contributed by atoms with Gasteiger partial charge in [-0.3, -0.25) is 4.79 Å². The maximum Gasteiger partial charge on any atom is 0.266 e. The van der Waals surface area contributed by atoms with Crippen molar-refractivity contribution in [3.63, 3.8) is 0 Å². The third-order valence-corrected chi connectivity index (χ3v) is 4.82. The van der Waals surface area contributed by atoms with Crippen molar-refractivity contribution in [3.8, 4) is 11.8 Å². The topological polar surface area (TPSA) is 62.1 Å². The summed E-state index contributed by atoms with van der Waals surface area (Å²) in [6.07, 6.45) is 1.55. The molecule has 6 heteroatoms.